The molecule has 0 fully saturated rings. The molecule has 0 saturated carbocycles. The van der Waals surface area contributed by atoms with Crippen LogP contribution in [0.1, 0.15) is 55.1 Å². The molecule has 1 aromatic heterocycles. The Morgan fingerprint density at radius 1 is 1.17 bits per heavy atom. The van der Waals surface area contributed by atoms with E-state index in [4.69, 9.17) is 0 Å². The Labute approximate surface area is 174 Å². The Hall–Kier alpha value is -2.00. The number of thioether (sulfide) groups is 1. The second-order valence-electron chi connectivity index (χ2n) is 8.59. The van der Waals surface area contributed by atoms with Crippen LogP contribution in [0.4, 0.5) is 13.2 Å². The molecule has 0 saturated heterocycles. The molecular formula is C23H25F3N2S. The monoisotopic (exact) mass is 418 g/mol. The van der Waals surface area contributed by atoms with E-state index in [9.17, 15) is 18.4 Å². The summed E-state index contributed by atoms with van der Waals surface area (Å²) in [5, 5.41) is 9.81. The van der Waals surface area contributed by atoms with Crippen molar-refractivity contribution < 1.29 is 13.2 Å². The van der Waals surface area contributed by atoms with Gasteiger partial charge in [0.25, 0.3) is 0 Å². The average molecular weight is 419 g/mol. The summed E-state index contributed by atoms with van der Waals surface area (Å²) in [7, 11) is 0. The molecule has 29 heavy (non-hydrogen) atoms. The van der Waals surface area contributed by atoms with Gasteiger partial charge >= 0.3 is 6.18 Å². The first-order valence-electron chi connectivity index (χ1n) is 9.81. The minimum absolute atomic E-state index is 0.0868. The number of rotatable bonds is 4. The number of pyridine rings is 1. The summed E-state index contributed by atoms with van der Waals surface area (Å²) in [6.45, 7) is 6.17. The third-order valence-corrected chi connectivity index (χ3v) is 6.60. The average Bonchev–Trinajstić information content (AvgIpc) is 2.65. The zero-order chi connectivity index (χ0) is 21.2. The number of aryl methyl sites for hydroxylation is 2. The first-order chi connectivity index (χ1) is 13.6. The summed E-state index contributed by atoms with van der Waals surface area (Å²) in [4.78, 5) is 4.55. The van der Waals surface area contributed by atoms with Crippen molar-refractivity contribution >= 4 is 11.8 Å². The van der Waals surface area contributed by atoms with Gasteiger partial charge in [0.15, 0.2) is 0 Å². The van der Waals surface area contributed by atoms with Gasteiger partial charge in [0.05, 0.1) is 11.1 Å². The van der Waals surface area contributed by atoms with E-state index in [1.54, 1.807) is 0 Å². The number of aromatic nitrogens is 1. The number of hydrogen-bond donors (Lipinski definition) is 0. The largest absolute Gasteiger partial charge is 0.418 e. The summed E-state index contributed by atoms with van der Waals surface area (Å²) in [5.41, 5.74) is 0.688. The first kappa shape index (κ1) is 21.7. The Bertz CT molecular complexity index is 909. The van der Waals surface area contributed by atoms with Gasteiger partial charge in [-0.3, -0.25) is 0 Å². The highest BCUT2D eigenvalue weighted by Gasteiger charge is 2.42. The lowest BCUT2D eigenvalue weighted by Gasteiger charge is -2.36. The second kappa shape index (κ2) is 8.39. The van der Waals surface area contributed by atoms with Crippen LogP contribution < -0.4 is 0 Å². The molecular weight excluding hydrogens is 393 g/mol. The fourth-order valence-electron chi connectivity index (χ4n) is 3.90. The van der Waals surface area contributed by atoms with Crippen molar-refractivity contribution in [2.45, 2.75) is 57.7 Å². The van der Waals surface area contributed by atoms with Crippen LogP contribution in [-0.4, -0.2) is 10.7 Å². The van der Waals surface area contributed by atoms with Crippen molar-refractivity contribution in [1.82, 2.24) is 4.98 Å². The zero-order valence-electron chi connectivity index (χ0n) is 16.9. The number of alkyl halides is 3. The van der Waals surface area contributed by atoms with E-state index in [0.29, 0.717) is 30.7 Å². The fraction of sp³-hybridized carbons (Fsp3) is 0.478. The SMILES string of the molecule is CC(C)(C)[C@@H]1CCc2nc(SCCc3ccccc3)c(C#N)c(C(F)(F)F)c2C1. The Balaban J connectivity index is 1.96. The summed E-state index contributed by atoms with van der Waals surface area (Å²) < 4.78 is 42.1. The quantitative estimate of drug-likeness (QED) is 0.535. The van der Waals surface area contributed by atoms with Gasteiger partial charge in [0, 0.05) is 11.4 Å². The smallest absolute Gasteiger partial charge is 0.245 e. The molecule has 1 aromatic carbocycles. The van der Waals surface area contributed by atoms with Crippen LogP contribution in [0.3, 0.4) is 0 Å². The summed E-state index contributed by atoms with van der Waals surface area (Å²) >= 11 is 1.24. The van der Waals surface area contributed by atoms with Crippen molar-refractivity contribution in [3.05, 3.63) is 58.3 Å². The molecule has 0 bridgehead atoms. The van der Waals surface area contributed by atoms with Crippen molar-refractivity contribution in [2.24, 2.45) is 11.3 Å². The Morgan fingerprint density at radius 2 is 1.86 bits per heavy atom. The predicted molar refractivity (Wildman–Crippen MR) is 110 cm³/mol. The lowest BCUT2D eigenvalue weighted by Crippen LogP contribution is -2.30. The van der Waals surface area contributed by atoms with E-state index >= 15 is 0 Å². The maximum absolute atomic E-state index is 14.0. The van der Waals surface area contributed by atoms with Crippen molar-refractivity contribution in [3.8, 4) is 6.07 Å². The molecule has 2 aromatic rings. The molecule has 0 spiro atoms. The lowest BCUT2D eigenvalue weighted by atomic mass is 9.70. The Kier molecular flexibility index (Phi) is 6.28. The third-order valence-electron chi connectivity index (χ3n) is 5.62. The molecule has 154 valence electrons. The third kappa shape index (κ3) is 4.95. The Morgan fingerprint density at radius 3 is 2.45 bits per heavy atom. The maximum atomic E-state index is 14.0. The van der Waals surface area contributed by atoms with E-state index in [1.807, 2.05) is 36.4 Å². The minimum atomic E-state index is -4.56. The van der Waals surface area contributed by atoms with E-state index in [2.05, 4.69) is 25.8 Å². The van der Waals surface area contributed by atoms with Gasteiger partial charge in [0.1, 0.15) is 11.1 Å². The summed E-state index contributed by atoms with van der Waals surface area (Å²) in [5.74, 6) is 0.716. The van der Waals surface area contributed by atoms with Gasteiger partial charge in [0.2, 0.25) is 0 Å². The molecule has 2 nitrogen and oxygen atoms in total. The first-order valence-corrected chi connectivity index (χ1v) is 10.8. The van der Waals surface area contributed by atoms with Crippen LogP contribution in [-0.2, 0) is 25.4 Å². The van der Waals surface area contributed by atoms with E-state index < -0.39 is 11.7 Å². The van der Waals surface area contributed by atoms with E-state index in [0.717, 1.165) is 12.0 Å². The van der Waals surface area contributed by atoms with Gasteiger partial charge in [-0.15, -0.1) is 11.8 Å². The van der Waals surface area contributed by atoms with Crippen LogP contribution in [0.15, 0.2) is 35.4 Å². The van der Waals surface area contributed by atoms with Gasteiger partial charge in [-0.2, -0.15) is 18.4 Å². The van der Waals surface area contributed by atoms with Gasteiger partial charge in [-0.05, 0) is 48.1 Å². The van der Waals surface area contributed by atoms with E-state index in [1.165, 1.54) is 11.8 Å². The number of nitriles is 1. The standard InChI is InChI=1S/C23H25F3N2S/c1-22(2,3)16-9-10-19-17(13-16)20(23(24,25)26)18(14-27)21(28-19)29-12-11-15-7-5-4-6-8-15/h4-8,16H,9-13H2,1-3H3/t16-/m1/s1. The highest BCUT2D eigenvalue weighted by molar-refractivity contribution is 7.99. The number of nitrogens with zero attached hydrogens (tertiary/aromatic N) is 2. The van der Waals surface area contributed by atoms with E-state index in [-0.39, 0.29) is 27.5 Å². The summed E-state index contributed by atoms with van der Waals surface area (Å²) in [6, 6.07) is 11.6. The molecule has 0 unspecified atom stereocenters. The molecule has 0 N–H and O–H groups in total. The predicted octanol–water partition coefficient (Wildman–Crippen LogP) is 6.46. The van der Waals surface area contributed by atoms with Crippen LogP contribution in [0, 0.1) is 22.7 Å². The van der Waals surface area contributed by atoms with Gasteiger partial charge in [-0.1, -0.05) is 51.1 Å². The van der Waals surface area contributed by atoms with Crippen LogP contribution in [0.25, 0.3) is 0 Å². The molecule has 1 heterocycles. The lowest BCUT2D eigenvalue weighted by molar-refractivity contribution is -0.139. The molecule has 0 amide bonds. The number of halogens is 3. The zero-order valence-corrected chi connectivity index (χ0v) is 17.8. The number of fused-ring (bicyclic) bond motifs is 1. The molecule has 6 heteroatoms. The molecule has 0 radical (unpaired) electrons. The normalized spacial score (nSPS) is 16.9. The number of benzene rings is 1. The molecule has 0 aliphatic heterocycles. The van der Waals surface area contributed by atoms with Crippen LogP contribution in [0.5, 0.6) is 0 Å². The van der Waals surface area contributed by atoms with Gasteiger partial charge in [-0.25, -0.2) is 4.98 Å². The van der Waals surface area contributed by atoms with Crippen LogP contribution >= 0.6 is 11.8 Å². The highest BCUT2D eigenvalue weighted by atomic mass is 32.2. The van der Waals surface area contributed by atoms with Crippen molar-refractivity contribution in [2.75, 3.05) is 5.75 Å². The summed E-state index contributed by atoms with van der Waals surface area (Å²) in [6.07, 6.45) is -2.18. The fourth-order valence-corrected chi connectivity index (χ4v) is 4.90. The molecule has 1 atom stereocenters. The molecule has 3 rings (SSSR count). The molecule has 1 aliphatic rings. The van der Waals surface area contributed by atoms with Crippen LogP contribution in [0.2, 0.25) is 0 Å². The highest BCUT2D eigenvalue weighted by Crippen LogP contribution is 2.45. The minimum Gasteiger partial charge on any atom is -0.245 e. The topological polar surface area (TPSA) is 36.7 Å². The van der Waals surface area contributed by atoms with Crippen molar-refractivity contribution in [1.29, 1.82) is 5.26 Å². The number of hydrogen-bond acceptors (Lipinski definition) is 3. The second-order valence-corrected chi connectivity index (χ2v) is 9.68. The van der Waals surface area contributed by atoms with Gasteiger partial charge < -0.3 is 0 Å². The van der Waals surface area contributed by atoms with Crippen molar-refractivity contribution in [3.63, 3.8) is 0 Å². The maximum Gasteiger partial charge on any atom is 0.418 e. The molecule has 1 aliphatic carbocycles.